The average molecular weight is 418 g/mol. The normalized spacial score (nSPS) is 23.2. The van der Waals surface area contributed by atoms with Crippen LogP contribution < -0.4 is 16.0 Å². The molecule has 2 heterocycles. The third-order valence-corrected chi connectivity index (χ3v) is 6.02. The van der Waals surface area contributed by atoms with E-state index in [0.29, 0.717) is 25.9 Å². The standard InChI is InChI=1S/C21H27FN4O4/c1-12(2)16(23-17(27)13-4-6-15(22)7-5-13)18(28)26-10-8-14(9-11-26)21(3)19(29)24-20(30)25-21/h4-7,12,14,16H,8-11H2,1-3H3,(H,23,27)(H2,24,25,29,30). The maximum Gasteiger partial charge on any atom is 0.322 e. The van der Waals surface area contributed by atoms with Crippen LogP contribution in [0.2, 0.25) is 0 Å². The summed E-state index contributed by atoms with van der Waals surface area (Å²) < 4.78 is 13.1. The number of likely N-dealkylation sites (tertiary alicyclic amines) is 1. The second-order valence-electron chi connectivity index (χ2n) is 8.41. The first-order chi connectivity index (χ1) is 14.1. The van der Waals surface area contributed by atoms with Crippen LogP contribution in [0.15, 0.2) is 24.3 Å². The number of rotatable bonds is 5. The number of urea groups is 1. The molecule has 0 spiro atoms. The lowest BCUT2D eigenvalue weighted by atomic mass is 9.79. The van der Waals surface area contributed by atoms with Gasteiger partial charge in [0.05, 0.1) is 0 Å². The molecule has 0 aliphatic carbocycles. The predicted octanol–water partition coefficient (Wildman–Crippen LogP) is 1.42. The molecule has 0 aromatic heterocycles. The van der Waals surface area contributed by atoms with E-state index in [2.05, 4.69) is 16.0 Å². The molecule has 0 saturated carbocycles. The first-order valence-electron chi connectivity index (χ1n) is 10.1. The van der Waals surface area contributed by atoms with Gasteiger partial charge >= 0.3 is 6.03 Å². The molecule has 5 amide bonds. The molecule has 0 bridgehead atoms. The van der Waals surface area contributed by atoms with Gasteiger partial charge in [0, 0.05) is 18.7 Å². The Labute approximate surface area is 174 Å². The van der Waals surface area contributed by atoms with Crippen LogP contribution in [0.25, 0.3) is 0 Å². The van der Waals surface area contributed by atoms with Crippen LogP contribution in [0.3, 0.4) is 0 Å². The molecule has 162 valence electrons. The second kappa shape index (κ2) is 8.41. The summed E-state index contributed by atoms with van der Waals surface area (Å²) in [5.41, 5.74) is -0.690. The lowest BCUT2D eigenvalue weighted by Crippen LogP contribution is -2.57. The molecular weight excluding hydrogens is 391 g/mol. The van der Waals surface area contributed by atoms with Crippen LogP contribution in [0.1, 0.15) is 44.0 Å². The predicted molar refractivity (Wildman–Crippen MR) is 107 cm³/mol. The van der Waals surface area contributed by atoms with Gasteiger partial charge in [0.25, 0.3) is 11.8 Å². The van der Waals surface area contributed by atoms with E-state index >= 15 is 0 Å². The van der Waals surface area contributed by atoms with Crippen molar-refractivity contribution in [1.29, 1.82) is 0 Å². The van der Waals surface area contributed by atoms with Crippen molar-refractivity contribution in [3.8, 4) is 0 Å². The van der Waals surface area contributed by atoms with E-state index in [9.17, 15) is 23.6 Å². The summed E-state index contributed by atoms with van der Waals surface area (Å²) in [7, 11) is 0. The summed E-state index contributed by atoms with van der Waals surface area (Å²) >= 11 is 0. The Morgan fingerprint density at radius 2 is 1.77 bits per heavy atom. The quantitative estimate of drug-likeness (QED) is 0.629. The van der Waals surface area contributed by atoms with Gasteiger partial charge in [0.1, 0.15) is 17.4 Å². The van der Waals surface area contributed by atoms with Crippen LogP contribution in [0.4, 0.5) is 9.18 Å². The minimum absolute atomic E-state index is 0.0840. The third-order valence-electron chi connectivity index (χ3n) is 6.02. The largest absolute Gasteiger partial charge is 0.341 e. The van der Waals surface area contributed by atoms with Crippen LogP contribution in [-0.4, -0.2) is 53.3 Å². The Kier molecular flexibility index (Phi) is 6.09. The van der Waals surface area contributed by atoms with Crippen molar-refractivity contribution >= 4 is 23.8 Å². The number of amides is 5. The second-order valence-corrected chi connectivity index (χ2v) is 8.41. The van der Waals surface area contributed by atoms with Gasteiger partial charge in [0.2, 0.25) is 5.91 Å². The minimum atomic E-state index is -0.972. The number of carbonyl (C=O) groups excluding carboxylic acids is 4. The molecular formula is C21H27FN4O4. The van der Waals surface area contributed by atoms with Gasteiger partial charge in [-0.2, -0.15) is 0 Å². The molecule has 8 nitrogen and oxygen atoms in total. The molecule has 2 unspecified atom stereocenters. The maximum absolute atomic E-state index is 13.1. The third kappa shape index (κ3) is 4.29. The Bertz CT molecular complexity index is 849. The highest BCUT2D eigenvalue weighted by Crippen LogP contribution is 2.31. The first-order valence-corrected chi connectivity index (χ1v) is 10.1. The number of hydrogen-bond donors (Lipinski definition) is 3. The van der Waals surface area contributed by atoms with E-state index in [1.54, 1.807) is 11.8 Å². The van der Waals surface area contributed by atoms with Crippen molar-refractivity contribution in [2.75, 3.05) is 13.1 Å². The molecule has 2 saturated heterocycles. The molecule has 1 aromatic carbocycles. The van der Waals surface area contributed by atoms with Gasteiger partial charge in [0.15, 0.2) is 0 Å². The van der Waals surface area contributed by atoms with Crippen LogP contribution in [-0.2, 0) is 9.59 Å². The average Bonchev–Trinajstić information content (AvgIpc) is 2.98. The topological polar surface area (TPSA) is 108 Å². The molecule has 30 heavy (non-hydrogen) atoms. The summed E-state index contributed by atoms with van der Waals surface area (Å²) in [5.74, 6) is -1.63. The zero-order chi connectivity index (χ0) is 22.1. The Morgan fingerprint density at radius 3 is 2.27 bits per heavy atom. The van der Waals surface area contributed by atoms with Crippen molar-refractivity contribution in [2.45, 2.75) is 45.2 Å². The van der Waals surface area contributed by atoms with Gasteiger partial charge in [-0.1, -0.05) is 13.8 Å². The molecule has 2 aliphatic rings. The fraction of sp³-hybridized carbons (Fsp3) is 0.524. The number of imide groups is 1. The Hall–Kier alpha value is -2.97. The summed E-state index contributed by atoms with van der Waals surface area (Å²) in [6, 6.07) is 3.93. The highest BCUT2D eigenvalue weighted by Gasteiger charge is 2.49. The van der Waals surface area contributed by atoms with Gasteiger partial charge in [-0.05, 0) is 55.9 Å². The Morgan fingerprint density at radius 1 is 1.17 bits per heavy atom. The molecule has 2 atom stereocenters. The highest BCUT2D eigenvalue weighted by molar-refractivity contribution is 6.07. The molecule has 0 radical (unpaired) electrons. The van der Waals surface area contributed by atoms with E-state index in [1.807, 2.05) is 13.8 Å². The maximum atomic E-state index is 13.1. The molecule has 1 aromatic rings. The zero-order valence-corrected chi connectivity index (χ0v) is 17.3. The molecule has 9 heteroatoms. The minimum Gasteiger partial charge on any atom is -0.341 e. The molecule has 3 rings (SSSR count). The van der Waals surface area contributed by atoms with Crippen LogP contribution in [0.5, 0.6) is 0 Å². The van der Waals surface area contributed by atoms with E-state index in [1.165, 1.54) is 24.3 Å². The van der Waals surface area contributed by atoms with Gasteiger partial charge in [-0.15, -0.1) is 0 Å². The molecule has 3 N–H and O–H groups in total. The number of nitrogens with zero attached hydrogens (tertiary/aromatic N) is 1. The van der Waals surface area contributed by atoms with Crippen molar-refractivity contribution in [1.82, 2.24) is 20.9 Å². The van der Waals surface area contributed by atoms with Crippen LogP contribution in [0, 0.1) is 17.7 Å². The number of piperidine rings is 1. The van der Waals surface area contributed by atoms with Gasteiger partial charge < -0.3 is 15.5 Å². The fourth-order valence-electron chi connectivity index (χ4n) is 4.06. The molecule has 2 aliphatic heterocycles. The number of halogens is 1. The van der Waals surface area contributed by atoms with Crippen molar-refractivity contribution in [3.63, 3.8) is 0 Å². The number of hydrogen-bond acceptors (Lipinski definition) is 4. The van der Waals surface area contributed by atoms with Gasteiger partial charge in [-0.25, -0.2) is 9.18 Å². The first kappa shape index (κ1) is 21.7. The van der Waals surface area contributed by atoms with Crippen LogP contribution >= 0.6 is 0 Å². The van der Waals surface area contributed by atoms with E-state index in [-0.39, 0.29) is 29.2 Å². The lowest BCUT2D eigenvalue weighted by Gasteiger charge is -2.40. The summed E-state index contributed by atoms with van der Waals surface area (Å²) in [5, 5.41) is 7.73. The fourth-order valence-corrected chi connectivity index (χ4v) is 4.06. The Balaban J connectivity index is 1.63. The smallest absolute Gasteiger partial charge is 0.322 e. The van der Waals surface area contributed by atoms with Crippen molar-refractivity contribution in [3.05, 3.63) is 35.6 Å². The SMILES string of the molecule is CC(C)C(NC(=O)c1ccc(F)cc1)C(=O)N1CCC(C2(C)NC(=O)NC2=O)CC1. The number of nitrogens with one attached hydrogen (secondary N) is 3. The van der Waals surface area contributed by atoms with E-state index in [4.69, 9.17) is 0 Å². The summed E-state index contributed by atoms with van der Waals surface area (Å²) in [4.78, 5) is 50.9. The lowest BCUT2D eigenvalue weighted by molar-refractivity contribution is -0.136. The zero-order valence-electron chi connectivity index (χ0n) is 17.3. The van der Waals surface area contributed by atoms with E-state index in [0.717, 1.165) is 0 Å². The summed E-state index contributed by atoms with van der Waals surface area (Å²) in [6.45, 7) is 6.25. The number of carbonyl (C=O) groups is 4. The van der Waals surface area contributed by atoms with Crippen molar-refractivity contribution in [2.24, 2.45) is 11.8 Å². The molecule has 2 fully saturated rings. The van der Waals surface area contributed by atoms with E-state index < -0.39 is 29.3 Å². The highest BCUT2D eigenvalue weighted by atomic mass is 19.1. The van der Waals surface area contributed by atoms with Crippen molar-refractivity contribution < 1.29 is 23.6 Å². The summed E-state index contributed by atoms with van der Waals surface area (Å²) in [6.07, 6.45) is 1.12. The monoisotopic (exact) mass is 418 g/mol. The van der Waals surface area contributed by atoms with Gasteiger partial charge in [-0.3, -0.25) is 19.7 Å². The number of benzene rings is 1.